The van der Waals surface area contributed by atoms with Gasteiger partial charge in [0, 0.05) is 32.5 Å². The first-order valence-electron chi connectivity index (χ1n) is 12.2. The molecular weight excluding hydrogens is 448 g/mol. The fourth-order valence-corrected chi connectivity index (χ4v) is 5.63. The molecule has 0 spiro atoms. The largest absolute Gasteiger partial charge is 0.493 e. The summed E-state index contributed by atoms with van der Waals surface area (Å²) in [7, 11) is 0. The molecule has 0 radical (unpaired) electrons. The monoisotopic (exact) mass is 476 g/mol. The van der Waals surface area contributed by atoms with Gasteiger partial charge in [-0.3, -0.25) is 29.6 Å². The number of rotatable bonds is 4. The van der Waals surface area contributed by atoms with Crippen LogP contribution in [0.4, 0.5) is 0 Å². The van der Waals surface area contributed by atoms with E-state index in [2.05, 4.69) is 27.3 Å². The molecule has 6 rings (SSSR count). The number of ether oxygens (including phenoxy) is 1. The molecule has 9 heteroatoms. The fourth-order valence-electron chi connectivity index (χ4n) is 5.63. The van der Waals surface area contributed by atoms with Crippen LogP contribution in [0.5, 0.6) is 5.75 Å². The molecule has 2 N–H and O–H groups in total. The van der Waals surface area contributed by atoms with E-state index in [0.717, 1.165) is 38.4 Å². The first kappa shape index (κ1) is 22.2. The summed E-state index contributed by atoms with van der Waals surface area (Å²) >= 11 is 0. The maximum Gasteiger partial charge on any atom is 0.256 e. The lowest BCUT2D eigenvalue weighted by molar-refractivity contribution is -0.136. The molecule has 1 atom stereocenters. The quantitative estimate of drug-likeness (QED) is 0.639. The van der Waals surface area contributed by atoms with Crippen molar-refractivity contribution in [3.63, 3.8) is 0 Å². The molecule has 3 amide bonds. The number of piperidine rings is 2. The molecule has 9 nitrogen and oxygen atoms in total. The number of hydrogen-bond donors (Lipinski definition) is 2. The molecule has 182 valence electrons. The average molecular weight is 477 g/mol. The van der Waals surface area contributed by atoms with E-state index >= 15 is 0 Å². The summed E-state index contributed by atoms with van der Waals surface area (Å²) in [6, 6.07) is 9.15. The molecule has 35 heavy (non-hydrogen) atoms. The number of aromatic nitrogens is 1. The maximum absolute atomic E-state index is 12.9. The number of amides is 3. The predicted octanol–water partition coefficient (Wildman–Crippen LogP) is 1.26. The highest BCUT2D eigenvalue weighted by atomic mass is 16.5. The number of carbonyl (C=O) groups is 3. The lowest BCUT2D eigenvalue weighted by Gasteiger charge is -2.38. The van der Waals surface area contributed by atoms with Crippen LogP contribution in [-0.4, -0.2) is 63.4 Å². The molecule has 5 heterocycles. The van der Waals surface area contributed by atoms with E-state index in [-0.39, 0.29) is 24.8 Å². The third kappa shape index (κ3) is 3.98. The van der Waals surface area contributed by atoms with Crippen molar-refractivity contribution in [2.24, 2.45) is 0 Å². The van der Waals surface area contributed by atoms with E-state index < -0.39 is 17.6 Å². The maximum atomic E-state index is 12.9. The van der Waals surface area contributed by atoms with Gasteiger partial charge >= 0.3 is 0 Å². The number of imide groups is 1. The average Bonchev–Trinajstić information content (AvgIpc) is 3.44. The van der Waals surface area contributed by atoms with E-state index in [1.54, 1.807) is 12.1 Å². The number of fused-ring (bicyclic) bond motifs is 2. The number of carbonyl (C=O) groups excluding carboxylic acids is 3. The SMILES string of the molecule is O=C1CCC(N2Cc3nc(C4(O)CCN(Cc5ccc6c(c5)CCO6)CC4)ccc3C2=O)C(=O)N1. The van der Waals surface area contributed by atoms with Gasteiger partial charge in [0.25, 0.3) is 5.91 Å². The van der Waals surface area contributed by atoms with Crippen LogP contribution in [0.25, 0.3) is 0 Å². The second kappa shape index (κ2) is 8.42. The Bertz CT molecular complexity index is 1220. The van der Waals surface area contributed by atoms with E-state index in [9.17, 15) is 19.5 Å². The van der Waals surface area contributed by atoms with Crippen LogP contribution >= 0.6 is 0 Å². The van der Waals surface area contributed by atoms with Gasteiger partial charge in [0.1, 0.15) is 17.4 Å². The highest BCUT2D eigenvalue weighted by molar-refractivity contribution is 6.05. The molecule has 1 aromatic heterocycles. The lowest BCUT2D eigenvalue weighted by Crippen LogP contribution is -2.52. The third-order valence-electron chi connectivity index (χ3n) is 7.69. The number of aliphatic hydroxyl groups is 1. The minimum absolute atomic E-state index is 0.207. The second-order valence-corrected chi connectivity index (χ2v) is 9.94. The van der Waals surface area contributed by atoms with Crippen molar-refractivity contribution in [2.75, 3.05) is 19.7 Å². The lowest BCUT2D eigenvalue weighted by atomic mass is 9.87. The van der Waals surface area contributed by atoms with Crippen LogP contribution in [0.3, 0.4) is 0 Å². The number of benzene rings is 1. The van der Waals surface area contributed by atoms with Crippen LogP contribution in [0.1, 0.15) is 58.6 Å². The van der Waals surface area contributed by atoms with Crippen LogP contribution in [0, 0.1) is 0 Å². The highest BCUT2D eigenvalue weighted by Gasteiger charge is 2.41. The molecular formula is C26H28N4O5. The summed E-state index contributed by atoms with van der Waals surface area (Å²) in [5.41, 5.74) is 3.07. The third-order valence-corrected chi connectivity index (χ3v) is 7.69. The topological polar surface area (TPSA) is 112 Å². The number of pyridine rings is 1. The van der Waals surface area contributed by atoms with Crippen LogP contribution in [0.2, 0.25) is 0 Å². The Balaban J connectivity index is 1.12. The fraction of sp³-hybridized carbons (Fsp3) is 0.462. The van der Waals surface area contributed by atoms with Crippen molar-refractivity contribution in [2.45, 2.75) is 56.8 Å². The van der Waals surface area contributed by atoms with Gasteiger partial charge in [0.2, 0.25) is 11.8 Å². The predicted molar refractivity (Wildman–Crippen MR) is 124 cm³/mol. The van der Waals surface area contributed by atoms with Crippen molar-refractivity contribution >= 4 is 17.7 Å². The standard InChI is InChI=1S/C26H28N4O5/c31-23-6-3-20(24(32)28-23)30-15-19-18(25(30)33)2-5-22(27-19)26(34)8-10-29(11-9-26)14-16-1-4-21-17(13-16)7-12-35-21/h1-2,4-5,13,20,34H,3,6-12,14-15H2,(H,28,31,32). The normalized spacial score (nSPS) is 23.6. The van der Waals surface area contributed by atoms with Crippen molar-refractivity contribution in [3.05, 3.63) is 58.4 Å². The molecule has 4 aliphatic heterocycles. The Morgan fingerprint density at radius 2 is 1.94 bits per heavy atom. The summed E-state index contributed by atoms with van der Waals surface area (Å²) in [5, 5.41) is 13.7. The molecule has 2 saturated heterocycles. The summed E-state index contributed by atoms with van der Waals surface area (Å²) < 4.78 is 5.60. The van der Waals surface area contributed by atoms with E-state index in [1.165, 1.54) is 16.0 Å². The zero-order chi connectivity index (χ0) is 24.2. The van der Waals surface area contributed by atoms with Crippen LogP contribution in [-0.2, 0) is 34.7 Å². The minimum atomic E-state index is -1.05. The molecule has 1 aromatic carbocycles. The molecule has 0 bridgehead atoms. The molecule has 1 unspecified atom stereocenters. The van der Waals surface area contributed by atoms with Gasteiger partial charge in [0.05, 0.1) is 30.1 Å². The van der Waals surface area contributed by atoms with Crippen LogP contribution in [0.15, 0.2) is 30.3 Å². The number of nitrogens with zero attached hydrogens (tertiary/aromatic N) is 3. The van der Waals surface area contributed by atoms with Crippen molar-refractivity contribution in [1.29, 1.82) is 0 Å². The Morgan fingerprint density at radius 3 is 2.74 bits per heavy atom. The minimum Gasteiger partial charge on any atom is -0.493 e. The summed E-state index contributed by atoms with van der Waals surface area (Å²) in [5.74, 6) is -0.0201. The first-order valence-corrected chi connectivity index (χ1v) is 12.2. The molecule has 0 saturated carbocycles. The van der Waals surface area contributed by atoms with Gasteiger partial charge < -0.3 is 14.7 Å². The number of likely N-dealkylation sites (tertiary alicyclic amines) is 1. The smallest absolute Gasteiger partial charge is 0.256 e. The van der Waals surface area contributed by atoms with E-state index in [4.69, 9.17) is 4.74 Å². The van der Waals surface area contributed by atoms with Crippen molar-refractivity contribution < 1.29 is 24.2 Å². The Kier molecular flexibility index (Phi) is 5.34. The highest BCUT2D eigenvalue weighted by Crippen LogP contribution is 2.35. The second-order valence-electron chi connectivity index (χ2n) is 9.94. The van der Waals surface area contributed by atoms with Gasteiger partial charge in [-0.25, -0.2) is 0 Å². The first-order chi connectivity index (χ1) is 16.9. The Morgan fingerprint density at radius 1 is 1.11 bits per heavy atom. The Hall–Kier alpha value is -3.30. The zero-order valence-corrected chi connectivity index (χ0v) is 19.5. The van der Waals surface area contributed by atoms with E-state index in [1.807, 2.05) is 6.07 Å². The summed E-state index contributed by atoms with van der Waals surface area (Å²) in [4.78, 5) is 45.2. The van der Waals surface area contributed by atoms with Gasteiger partial charge in [-0.2, -0.15) is 0 Å². The van der Waals surface area contributed by atoms with Gasteiger partial charge in [0.15, 0.2) is 0 Å². The van der Waals surface area contributed by atoms with Crippen molar-refractivity contribution in [1.82, 2.24) is 20.1 Å². The summed E-state index contributed by atoms with van der Waals surface area (Å²) in [6.45, 7) is 3.27. The van der Waals surface area contributed by atoms with Gasteiger partial charge in [-0.05, 0) is 48.6 Å². The van der Waals surface area contributed by atoms with Gasteiger partial charge in [-0.15, -0.1) is 0 Å². The van der Waals surface area contributed by atoms with Gasteiger partial charge in [-0.1, -0.05) is 12.1 Å². The Labute approximate surface area is 203 Å². The summed E-state index contributed by atoms with van der Waals surface area (Å²) in [6.07, 6.45) is 2.59. The van der Waals surface area contributed by atoms with Crippen LogP contribution < -0.4 is 10.1 Å². The van der Waals surface area contributed by atoms with E-state index in [0.29, 0.717) is 36.2 Å². The van der Waals surface area contributed by atoms with Crippen molar-refractivity contribution in [3.8, 4) is 5.75 Å². The molecule has 4 aliphatic rings. The molecule has 2 fully saturated rings. The number of nitrogens with one attached hydrogen (secondary N) is 1. The molecule has 2 aromatic rings. The molecule has 0 aliphatic carbocycles. The number of hydrogen-bond acceptors (Lipinski definition) is 7. The zero-order valence-electron chi connectivity index (χ0n) is 19.5.